The molecule has 0 spiro atoms. The maximum atomic E-state index is 10.5. The van der Waals surface area contributed by atoms with E-state index in [1.54, 1.807) is 12.2 Å². The summed E-state index contributed by atoms with van der Waals surface area (Å²) in [5.74, 6) is -3.22. The Morgan fingerprint density at radius 2 is 1.00 bits per heavy atom. The van der Waals surface area contributed by atoms with Crippen LogP contribution in [0.1, 0.15) is 39.5 Å². The van der Waals surface area contributed by atoms with Gasteiger partial charge in [0.2, 0.25) is 0 Å². The normalized spacial score (nSPS) is 27.4. The summed E-state index contributed by atoms with van der Waals surface area (Å²) >= 11 is 0. The van der Waals surface area contributed by atoms with E-state index in [9.17, 15) is 9.59 Å². The van der Waals surface area contributed by atoms with Crippen molar-refractivity contribution in [3.63, 3.8) is 0 Å². The van der Waals surface area contributed by atoms with Gasteiger partial charge in [0.15, 0.2) is 11.6 Å². The van der Waals surface area contributed by atoms with Crippen molar-refractivity contribution in [1.82, 2.24) is 0 Å². The first-order valence-corrected chi connectivity index (χ1v) is 9.43. The lowest BCUT2D eigenvalue weighted by atomic mass is 9.82. The SMILES string of the molecule is C=CC1(C)OCCO1.C=CC1(C)OCCO1.O=C(O)C1CCC(C(=O)O)CC1. The first-order chi connectivity index (χ1) is 13.1. The highest BCUT2D eigenvalue weighted by atomic mass is 16.7. The van der Waals surface area contributed by atoms with Gasteiger partial charge in [-0.15, -0.1) is 0 Å². The van der Waals surface area contributed by atoms with Gasteiger partial charge in [-0.3, -0.25) is 9.59 Å². The molecule has 2 N–H and O–H groups in total. The number of ether oxygens (including phenoxy) is 4. The summed E-state index contributed by atoms with van der Waals surface area (Å²) in [4.78, 5) is 21.0. The number of carbonyl (C=O) groups is 2. The van der Waals surface area contributed by atoms with Crippen LogP contribution in [0.4, 0.5) is 0 Å². The third-order valence-electron chi connectivity index (χ3n) is 4.89. The van der Waals surface area contributed by atoms with Crippen LogP contribution in [0.15, 0.2) is 25.3 Å². The van der Waals surface area contributed by atoms with Crippen molar-refractivity contribution in [3.8, 4) is 0 Å². The van der Waals surface area contributed by atoms with Gasteiger partial charge in [0.05, 0.1) is 38.3 Å². The molecule has 8 heteroatoms. The molecule has 160 valence electrons. The summed E-state index contributed by atoms with van der Waals surface area (Å²) in [5, 5.41) is 17.2. The molecule has 3 fully saturated rings. The number of carboxylic acid groups (broad SMARTS) is 2. The molecule has 2 aliphatic heterocycles. The Hall–Kier alpha value is -1.74. The van der Waals surface area contributed by atoms with E-state index in [2.05, 4.69) is 13.2 Å². The quantitative estimate of drug-likeness (QED) is 0.693. The summed E-state index contributed by atoms with van der Waals surface area (Å²) in [6, 6.07) is 0. The van der Waals surface area contributed by atoms with Crippen LogP contribution in [-0.2, 0) is 28.5 Å². The molecular weight excluding hydrogens is 368 g/mol. The first kappa shape index (κ1) is 24.3. The average molecular weight is 400 g/mol. The molecule has 28 heavy (non-hydrogen) atoms. The van der Waals surface area contributed by atoms with Crippen molar-refractivity contribution < 1.29 is 38.7 Å². The van der Waals surface area contributed by atoms with Gasteiger partial charge in [0.1, 0.15) is 0 Å². The van der Waals surface area contributed by atoms with Crippen molar-refractivity contribution in [2.24, 2.45) is 11.8 Å². The minimum atomic E-state index is -0.793. The molecule has 1 aliphatic carbocycles. The predicted molar refractivity (Wildman–Crippen MR) is 102 cm³/mol. The van der Waals surface area contributed by atoms with E-state index < -0.39 is 23.5 Å². The standard InChI is InChI=1S/C8H12O4.2C6H10O2/c9-7(10)5-1-2-6(4-3-5)8(11)12;2*1-3-6(2)7-4-5-8-6/h5-6H,1-4H2,(H,9,10)(H,11,12);2*3H,1,4-5H2,2H3. The minimum Gasteiger partial charge on any atom is -0.481 e. The van der Waals surface area contributed by atoms with E-state index in [0.717, 1.165) is 0 Å². The molecule has 0 aromatic carbocycles. The Kier molecular flexibility index (Phi) is 9.81. The molecule has 2 heterocycles. The second-order valence-electron chi connectivity index (χ2n) is 7.06. The van der Waals surface area contributed by atoms with Crippen LogP contribution >= 0.6 is 0 Å². The lowest BCUT2D eigenvalue weighted by Crippen LogP contribution is -2.25. The Morgan fingerprint density at radius 3 is 1.14 bits per heavy atom. The highest BCUT2D eigenvalue weighted by molar-refractivity contribution is 5.72. The van der Waals surface area contributed by atoms with E-state index in [4.69, 9.17) is 29.2 Å². The lowest BCUT2D eigenvalue weighted by Gasteiger charge is -2.22. The number of aliphatic carboxylic acids is 2. The monoisotopic (exact) mass is 400 g/mol. The molecule has 0 amide bonds. The van der Waals surface area contributed by atoms with Gasteiger partial charge in [0, 0.05) is 0 Å². The number of rotatable bonds is 4. The van der Waals surface area contributed by atoms with Crippen molar-refractivity contribution in [2.45, 2.75) is 51.1 Å². The highest BCUT2D eigenvalue weighted by Crippen LogP contribution is 2.28. The van der Waals surface area contributed by atoms with E-state index in [1.165, 1.54) is 0 Å². The number of hydrogen-bond acceptors (Lipinski definition) is 6. The number of carboxylic acids is 2. The Morgan fingerprint density at radius 1 is 0.750 bits per heavy atom. The fourth-order valence-electron chi connectivity index (χ4n) is 2.88. The molecule has 3 aliphatic rings. The van der Waals surface area contributed by atoms with Crippen molar-refractivity contribution in [2.75, 3.05) is 26.4 Å². The zero-order chi connectivity index (χ0) is 21.2. The molecule has 0 unspecified atom stereocenters. The van der Waals surface area contributed by atoms with Gasteiger partial charge in [-0.1, -0.05) is 13.2 Å². The largest absolute Gasteiger partial charge is 0.481 e. The van der Waals surface area contributed by atoms with Gasteiger partial charge in [-0.2, -0.15) is 0 Å². The van der Waals surface area contributed by atoms with Crippen LogP contribution in [0.25, 0.3) is 0 Å². The lowest BCUT2D eigenvalue weighted by molar-refractivity contribution is -0.148. The highest BCUT2D eigenvalue weighted by Gasteiger charge is 2.29. The van der Waals surface area contributed by atoms with Gasteiger partial charge in [-0.05, 0) is 51.7 Å². The molecule has 0 bridgehead atoms. The molecule has 2 saturated heterocycles. The Balaban J connectivity index is 0.000000217. The minimum absolute atomic E-state index is 0.319. The van der Waals surface area contributed by atoms with E-state index >= 15 is 0 Å². The molecular formula is C20H32O8. The fraction of sp³-hybridized carbons (Fsp3) is 0.700. The fourth-order valence-corrected chi connectivity index (χ4v) is 2.88. The third-order valence-corrected chi connectivity index (χ3v) is 4.89. The van der Waals surface area contributed by atoms with Crippen LogP contribution in [0.2, 0.25) is 0 Å². The Labute approximate surface area is 166 Å². The third kappa shape index (κ3) is 8.10. The average Bonchev–Trinajstić information content (AvgIpc) is 3.32. The summed E-state index contributed by atoms with van der Waals surface area (Å²) in [6.45, 7) is 13.6. The molecule has 8 nitrogen and oxygen atoms in total. The predicted octanol–water partition coefficient (Wildman–Crippen LogP) is 2.83. The molecule has 0 radical (unpaired) electrons. The Bertz CT molecular complexity index is 476. The van der Waals surface area contributed by atoms with Crippen LogP contribution in [0.5, 0.6) is 0 Å². The first-order valence-electron chi connectivity index (χ1n) is 9.43. The summed E-state index contributed by atoms with van der Waals surface area (Å²) in [7, 11) is 0. The zero-order valence-corrected chi connectivity index (χ0v) is 16.7. The van der Waals surface area contributed by atoms with Gasteiger partial charge < -0.3 is 29.2 Å². The van der Waals surface area contributed by atoms with Crippen molar-refractivity contribution in [3.05, 3.63) is 25.3 Å². The second kappa shape index (κ2) is 11.3. The van der Waals surface area contributed by atoms with Crippen LogP contribution in [0.3, 0.4) is 0 Å². The van der Waals surface area contributed by atoms with E-state index in [1.807, 2.05) is 13.8 Å². The second-order valence-corrected chi connectivity index (χ2v) is 7.06. The zero-order valence-electron chi connectivity index (χ0n) is 16.7. The van der Waals surface area contributed by atoms with Crippen molar-refractivity contribution in [1.29, 1.82) is 0 Å². The van der Waals surface area contributed by atoms with E-state index in [0.29, 0.717) is 52.1 Å². The van der Waals surface area contributed by atoms with E-state index in [-0.39, 0.29) is 11.8 Å². The smallest absolute Gasteiger partial charge is 0.306 e. The summed E-state index contributed by atoms with van der Waals surface area (Å²) in [5.41, 5.74) is 0. The molecule has 0 aromatic rings. The molecule has 0 aromatic heterocycles. The molecule has 0 atom stereocenters. The van der Waals surface area contributed by atoms with Gasteiger partial charge >= 0.3 is 11.9 Å². The van der Waals surface area contributed by atoms with Crippen LogP contribution in [0, 0.1) is 11.8 Å². The summed E-state index contributed by atoms with van der Waals surface area (Å²) in [6.07, 6.45) is 5.36. The summed E-state index contributed by atoms with van der Waals surface area (Å²) < 4.78 is 20.6. The van der Waals surface area contributed by atoms with Gasteiger partial charge in [0.25, 0.3) is 0 Å². The van der Waals surface area contributed by atoms with Crippen molar-refractivity contribution >= 4 is 11.9 Å². The van der Waals surface area contributed by atoms with Gasteiger partial charge in [-0.25, -0.2) is 0 Å². The molecule has 1 saturated carbocycles. The maximum absolute atomic E-state index is 10.5. The maximum Gasteiger partial charge on any atom is 0.306 e. The topological polar surface area (TPSA) is 112 Å². The van der Waals surface area contributed by atoms with Crippen LogP contribution < -0.4 is 0 Å². The molecule has 3 rings (SSSR count). The van der Waals surface area contributed by atoms with Crippen LogP contribution in [-0.4, -0.2) is 60.2 Å². The number of hydrogen-bond donors (Lipinski definition) is 2.